The number of benzene rings is 3. The topological polar surface area (TPSA) is 68.1 Å². The van der Waals surface area contributed by atoms with Crippen molar-refractivity contribution in [3.05, 3.63) is 70.2 Å². The van der Waals surface area contributed by atoms with Gasteiger partial charge in [-0.15, -0.1) is 0 Å². The average molecular weight is 400 g/mol. The maximum absolute atomic E-state index is 12.7. The lowest BCUT2D eigenvalue weighted by atomic mass is 10.0. The van der Waals surface area contributed by atoms with Crippen LogP contribution in [0.1, 0.15) is 15.9 Å². The largest absolute Gasteiger partial charge is 0.493 e. The number of esters is 1. The predicted molar refractivity (Wildman–Crippen MR) is 99.0 cm³/mol. The molecule has 5 nitrogen and oxygen atoms in total. The molecule has 0 atom stereocenters. The van der Waals surface area contributed by atoms with E-state index in [0.29, 0.717) is 21.3 Å². The van der Waals surface area contributed by atoms with Gasteiger partial charge in [-0.2, -0.15) is 0 Å². The summed E-state index contributed by atoms with van der Waals surface area (Å²) in [4.78, 5) is 12.7. The molecule has 0 radical (unpaired) electrons. The molecule has 3 aromatic carbocycles. The molecule has 0 unspecified atom stereocenters. The molecule has 0 bridgehead atoms. The minimum Gasteiger partial charge on any atom is -0.493 e. The van der Waals surface area contributed by atoms with Gasteiger partial charge in [0.15, 0.2) is 11.5 Å². The fourth-order valence-electron chi connectivity index (χ4n) is 2.53. The lowest BCUT2D eigenvalue weighted by Crippen LogP contribution is -2.10. The average Bonchev–Trinajstić information content (AvgIpc) is 2.63. The highest BCUT2D eigenvalue weighted by Crippen LogP contribution is 2.37. The second-order valence-corrected chi connectivity index (χ2v) is 6.05. The van der Waals surface area contributed by atoms with Crippen LogP contribution >= 0.6 is 15.9 Å². The normalized spacial score (nSPS) is 11.0. The minimum absolute atomic E-state index is 0.260. The Hall–Kier alpha value is -2.86. The Morgan fingerprint density at radius 2 is 1.92 bits per heavy atom. The summed E-state index contributed by atoms with van der Waals surface area (Å²) in [6.07, 6.45) is 1.25. The SMILES string of the molecule is COc1cc(/C=N\O)cc(Br)c1OC(=O)c1cccc2ccccc12. The molecule has 0 aliphatic rings. The van der Waals surface area contributed by atoms with Gasteiger partial charge < -0.3 is 14.7 Å². The van der Waals surface area contributed by atoms with Crippen LogP contribution in [-0.4, -0.2) is 24.5 Å². The second-order valence-electron chi connectivity index (χ2n) is 5.19. The van der Waals surface area contributed by atoms with E-state index >= 15 is 0 Å². The van der Waals surface area contributed by atoms with E-state index in [1.807, 2.05) is 36.4 Å². The van der Waals surface area contributed by atoms with Gasteiger partial charge in [0, 0.05) is 5.56 Å². The van der Waals surface area contributed by atoms with Crippen molar-refractivity contribution in [2.45, 2.75) is 0 Å². The van der Waals surface area contributed by atoms with Gasteiger partial charge in [-0.1, -0.05) is 41.6 Å². The van der Waals surface area contributed by atoms with Crippen LogP contribution in [0.25, 0.3) is 10.8 Å². The summed E-state index contributed by atoms with van der Waals surface area (Å²) in [5.41, 5.74) is 1.06. The molecule has 0 spiro atoms. The first-order valence-corrected chi connectivity index (χ1v) is 8.18. The molecule has 0 heterocycles. The summed E-state index contributed by atoms with van der Waals surface area (Å²) in [7, 11) is 1.47. The highest BCUT2D eigenvalue weighted by molar-refractivity contribution is 9.10. The number of hydrogen-bond acceptors (Lipinski definition) is 5. The summed E-state index contributed by atoms with van der Waals surface area (Å²) in [6, 6.07) is 16.3. The van der Waals surface area contributed by atoms with E-state index in [1.54, 1.807) is 18.2 Å². The number of ether oxygens (including phenoxy) is 2. The Balaban J connectivity index is 2.00. The van der Waals surface area contributed by atoms with Crippen molar-refractivity contribution in [1.29, 1.82) is 0 Å². The third-order valence-electron chi connectivity index (χ3n) is 3.66. The van der Waals surface area contributed by atoms with E-state index in [0.717, 1.165) is 10.8 Å². The maximum atomic E-state index is 12.7. The van der Waals surface area contributed by atoms with Gasteiger partial charge >= 0.3 is 5.97 Å². The first-order valence-electron chi connectivity index (χ1n) is 7.39. The van der Waals surface area contributed by atoms with Crippen molar-refractivity contribution in [2.75, 3.05) is 7.11 Å². The Morgan fingerprint density at radius 3 is 2.68 bits per heavy atom. The molecule has 0 saturated carbocycles. The Morgan fingerprint density at radius 1 is 1.16 bits per heavy atom. The fraction of sp³-hybridized carbons (Fsp3) is 0.0526. The molecule has 25 heavy (non-hydrogen) atoms. The number of halogens is 1. The molecule has 1 N–H and O–H groups in total. The molecule has 3 aromatic rings. The summed E-state index contributed by atoms with van der Waals surface area (Å²) < 4.78 is 11.4. The van der Waals surface area contributed by atoms with Crippen LogP contribution in [0.3, 0.4) is 0 Å². The summed E-state index contributed by atoms with van der Waals surface area (Å²) in [6.45, 7) is 0. The molecule has 0 fully saturated rings. The maximum Gasteiger partial charge on any atom is 0.344 e. The lowest BCUT2D eigenvalue weighted by molar-refractivity contribution is 0.0730. The van der Waals surface area contributed by atoms with Crippen molar-refractivity contribution in [2.24, 2.45) is 5.16 Å². The molecule has 0 amide bonds. The van der Waals surface area contributed by atoms with E-state index < -0.39 is 5.97 Å². The van der Waals surface area contributed by atoms with Crippen molar-refractivity contribution in [1.82, 2.24) is 0 Å². The first kappa shape index (κ1) is 17.0. The highest BCUT2D eigenvalue weighted by Gasteiger charge is 2.18. The number of oxime groups is 1. The van der Waals surface area contributed by atoms with E-state index in [4.69, 9.17) is 14.7 Å². The zero-order chi connectivity index (χ0) is 17.8. The Kier molecular flexibility index (Phi) is 5.00. The van der Waals surface area contributed by atoms with Crippen LogP contribution in [0.4, 0.5) is 0 Å². The van der Waals surface area contributed by atoms with Crippen molar-refractivity contribution in [3.63, 3.8) is 0 Å². The highest BCUT2D eigenvalue weighted by atomic mass is 79.9. The Bertz CT molecular complexity index is 964. The number of fused-ring (bicyclic) bond motifs is 1. The smallest absolute Gasteiger partial charge is 0.344 e. The zero-order valence-corrected chi connectivity index (χ0v) is 14.9. The molecule has 0 aliphatic carbocycles. The summed E-state index contributed by atoms with van der Waals surface area (Å²) in [5.74, 6) is 0.118. The van der Waals surface area contributed by atoms with Crippen molar-refractivity contribution >= 4 is 38.9 Å². The fourth-order valence-corrected chi connectivity index (χ4v) is 3.07. The van der Waals surface area contributed by atoms with Gasteiger partial charge in [0.25, 0.3) is 0 Å². The third-order valence-corrected chi connectivity index (χ3v) is 4.25. The van der Waals surface area contributed by atoms with Crippen LogP contribution < -0.4 is 9.47 Å². The Labute approximate surface area is 152 Å². The molecule has 126 valence electrons. The van der Waals surface area contributed by atoms with Crippen molar-refractivity contribution < 1.29 is 19.5 Å². The molecule has 0 aliphatic heterocycles. The third kappa shape index (κ3) is 3.49. The van der Waals surface area contributed by atoms with E-state index in [2.05, 4.69) is 21.1 Å². The predicted octanol–water partition coefficient (Wildman–Crippen LogP) is 4.64. The minimum atomic E-state index is -0.487. The monoisotopic (exact) mass is 399 g/mol. The van der Waals surface area contributed by atoms with Crippen LogP contribution in [0.15, 0.2) is 64.2 Å². The molecule has 0 aromatic heterocycles. The standard InChI is InChI=1S/C19H14BrNO4/c1-24-17-10-12(11-21-23)9-16(20)18(17)25-19(22)15-8-4-6-13-5-2-3-7-14(13)15/h2-11,23H,1H3/b21-11-. The number of hydrogen-bond donors (Lipinski definition) is 1. The van der Waals surface area contributed by atoms with E-state index in [9.17, 15) is 4.79 Å². The molecule has 0 saturated heterocycles. The van der Waals surface area contributed by atoms with Crippen LogP contribution in [0, 0.1) is 0 Å². The van der Waals surface area contributed by atoms with Crippen LogP contribution in [0.5, 0.6) is 11.5 Å². The second kappa shape index (κ2) is 7.36. The number of nitrogens with zero attached hydrogens (tertiary/aromatic N) is 1. The molecular formula is C19H14BrNO4. The molecular weight excluding hydrogens is 386 g/mol. The number of carbonyl (C=O) groups excluding carboxylic acids is 1. The molecule has 3 rings (SSSR count). The first-order chi connectivity index (χ1) is 12.1. The van der Waals surface area contributed by atoms with Gasteiger partial charge in [-0.25, -0.2) is 4.79 Å². The van der Waals surface area contributed by atoms with Crippen LogP contribution in [-0.2, 0) is 0 Å². The van der Waals surface area contributed by atoms with Crippen molar-refractivity contribution in [3.8, 4) is 11.5 Å². The van der Waals surface area contributed by atoms with E-state index in [1.165, 1.54) is 13.3 Å². The lowest BCUT2D eigenvalue weighted by Gasteiger charge is -2.13. The van der Waals surface area contributed by atoms with Gasteiger partial charge in [-0.3, -0.25) is 0 Å². The summed E-state index contributed by atoms with van der Waals surface area (Å²) in [5, 5.41) is 13.4. The number of methoxy groups -OCH3 is 1. The molecule has 6 heteroatoms. The van der Waals surface area contributed by atoms with Crippen LogP contribution in [0.2, 0.25) is 0 Å². The van der Waals surface area contributed by atoms with Gasteiger partial charge in [0.2, 0.25) is 0 Å². The van der Waals surface area contributed by atoms with Gasteiger partial charge in [0.1, 0.15) is 0 Å². The number of rotatable bonds is 4. The van der Waals surface area contributed by atoms with Gasteiger partial charge in [0.05, 0.1) is 23.4 Å². The van der Waals surface area contributed by atoms with E-state index in [-0.39, 0.29) is 5.75 Å². The summed E-state index contributed by atoms with van der Waals surface area (Å²) >= 11 is 3.36. The number of carbonyl (C=O) groups is 1. The quantitative estimate of drug-likeness (QED) is 0.228. The van der Waals surface area contributed by atoms with Gasteiger partial charge in [-0.05, 0) is 44.9 Å². The zero-order valence-electron chi connectivity index (χ0n) is 13.3.